The number of hydrogen-bond acceptors (Lipinski definition) is 5. The Bertz CT molecular complexity index is 305. The number of hydrazine groups is 1. The fraction of sp³-hybridized carbons (Fsp3) is 0.143. The van der Waals surface area contributed by atoms with Gasteiger partial charge in [-0.25, -0.2) is 0 Å². The number of rotatable bonds is 3. The van der Waals surface area contributed by atoms with E-state index in [4.69, 9.17) is 10.6 Å². The van der Waals surface area contributed by atoms with Crippen molar-refractivity contribution in [3.8, 4) is 5.75 Å². The third-order valence-electron chi connectivity index (χ3n) is 1.50. The number of anilines is 1. The average Bonchev–Trinajstić information content (AvgIpc) is 2.16. The van der Waals surface area contributed by atoms with E-state index in [0.29, 0.717) is 11.4 Å². The Labute approximate surface area is 74.4 Å². The molecule has 70 valence electrons. The molecule has 0 radical (unpaired) electrons. The molecule has 0 saturated heterocycles. The molecule has 0 bridgehead atoms. The zero-order valence-electron chi connectivity index (χ0n) is 6.98. The Morgan fingerprint density at radius 3 is 2.69 bits per heavy atom. The van der Waals surface area contributed by atoms with Crippen LogP contribution in [-0.4, -0.2) is 12.0 Å². The summed E-state index contributed by atoms with van der Waals surface area (Å²) in [6.45, 7) is 0. The fourth-order valence-electron chi connectivity index (χ4n) is 0.890. The summed E-state index contributed by atoms with van der Waals surface area (Å²) in [6.07, 6.45) is 0. The summed E-state index contributed by atoms with van der Waals surface area (Å²) in [5.41, 5.74) is 2.69. The summed E-state index contributed by atoms with van der Waals surface area (Å²) >= 11 is 0. The van der Waals surface area contributed by atoms with E-state index in [0.717, 1.165) is 0 Å². The molecule has 0 saturated carbocycles. The molecular formula is C7H9N3O3. The van der Waals surface area contributed by atoms with Gasteiger partial charge in [-0.3, -0.25) is 16.0 Å². The number of nitrogens with zero attached hydrogens (tertiary/aromatic N) is 1. The van der Waals surface area contributed by atoms with E-state index in [1.165, 1.54) is 19.2 Å². The van der Waals surface area contributed by atoms with Crippen molar-refractivity contribution in [3.05, 3.63) is 28.3 Å². The number of methoxy groups -OCH3 is 1. The van der Waals surface area contributed by atoms with Gasteiger partial charge in [0, 0.05) is 12.1 Å². The molecule has 0 fully saturated rings. The van der Waals surface area contributed by atoms with Crippen LogP contribution in [-0.2, 0) is 0 Å². The maximum Gasteiger partial charge on any atom is 0.275 e. The van der Waals surface area contributed by atoms with Crippen LogP contribution < -0.4 is 16.0 Å². The second-order valence-electron chi connectivity index (χ2n) is 2.32. The second-order valence-corrected chi connectivity index (χ2v) is 2.32. The highest BCUT2D eigenvalue weighted by Gasteiger charge is 2.08. The third kappa shape index (κ3) is 2.06. The number of nitrogens with two attached hydrogens (primary N) is 1. The first-order valence-corrected chi connectivity index (χ1v) is 3.47. The minimum Gasteiger partial charge on any atom is -0.496 e. The monoisotopic (exact) mass is 183 g/mol. The summed E-state index contributed by atoms with van der Waals surface area (Å²) in [5.74, 6) is 5.51. The van der Waals surface area contributed by atoms with Crippen LogP contribution >= 0.6 is 0 Å². The van der Waals surface area contributed by atoms with Crippen LogP contribution in [0, 0.1) is 10.1 Å². The number of non-ortho nitro benzene ring substituents is 1. The van der Waals surface area contributed by atoms with E-state index >= 15 is 0 Å². The lowest BCUT2D eigenvalue weighted by Gasteiger charge is -2.03. The molecule has 1 aromatic rings. The molecule has 0 amide bonds. The van der Waals surface area contributed by atoms with E-state index < -0.39 is 4.92 Å². The van der Waals surface area contributed by atoms with Crippen molar-refractivity contribution in [1.82, 2.24) is 0 Å². The van der Waals surface area contributed by atoms with Gasteiger partial charge in [-0.15, -0.1) is 0 Å². The predicted octanol–water partition coefficient (Wildman–Crippen LogP) is 0.889. The van der Waals surface area contributed by atoms with Gasteiger partial charge in [0.15, 0.2) is 0 Å². The first-order valence-electron chi connectivity index (χ1n) is 3.47. The standard InChI is InChI=1S/C7H9N3O3/c1-13-7-3-5(9-8)2-6(4-7)10(11)12/h2-4,9H,8H2,1H3. The molecule has 6 nitrogen and oxygen atoms in total. The topological polar surface area (TPSA) is 90.4 Å². The van der Waals surface area contributed by atoms with Crippen molar-refractivity contribution >= 4 is 11.4 Å². The molecule has 13 heavy (non-hydrogen) atoms. The van der Waals surface area contributed by atoms with Crippen LogP contribution in [0.4, 0.5) is 11.4 Å². The molecule has 0 aliphatic carbocycles. The van der Waals surface area contributed by atoms with Gasteiger partial charge in [-0.1, -0.05) is 0 Å². The molecule has 0 aromatic heterocycles. The van der Waals surface area contributed by atoms with Crippen molar-refractivity contribution in [2.75, 3.05) is 12.5 Å². The number of nitrogen functional groups attached to an aromatic ring is 1. The highest BCUT2D eigenvalue weighted by Crippen LogP contribution is 2.24. The van der Waals surface area contributed by atoms with E-state index in [9.17, 15) is 10.1 Å². The molecule has 0 heterocycles. The van der Waals surface area contributed by atoms with E-state index in [-0.39, 0.29) is 5.69 Å². The van der Waals surface area contributed by atoms with Crippen LogP contribution in [0.5, 0.6) is 5.75 Å². The highest BCUT2D eigenvalue weighted by atomic mass is 16.6. The minimum atomic E-state index is -0.511. The van der Waals surface area contributed by atoms with Gasteiger partial charge in [0.1, 0.15) is 5.75 Å². The number of benzene rings is 1. The number of hydrogen-bond donors (Lipinski definition) is 2. The smallest absolute Gasteiger partial charge is 0.275 e. The second kappa shape index (κ2) is 3.72. The van der Waals surface area contributed by atoms with Gasteiger partial charge in [0.05, 0.1) is 23.8 Å². The summed E-state index contributed by atoms with van der Waals surface area (Å²) in [7, 11) is 1.43. The van der Waals surface area contributed by atoms with Gasteiger partial charge >= 0.3 is 0 Å². The zero-order chi connectivity index (χ0) is 9.84. The van der Waals surface area contributed by atoms with Crippen molar-refractivity contribution in [2.24, 2.45) is 5.84 Å². The molecular weight excluding hydrogens is 174 g/mol. The molecule has 0 unspecified atom stereocenters. The van der Waals surface area contributed by atoms with E-state index in [1.54, 1.807) is 6.07 Å². The SMILES string of the molecule is COc1cc(NN)cc([N+](=O)[O-])c1. The van der Waals surface area contributed by atoms with Crippen LogP contribution in [0.3, 0.4) is 0 Å². The lowest BCUT2D eigenvalue weighted by molar-refractivity contribution is -0.384. The molecule has 6 heteroatoms. The Kier molecular flexibility index (Phi) is 2.65. The summed E-state index contributed by atoms with van der Waals surface area (Å²) in [6, 6.07) is 4.20. The number of nitrogens with one attached hydrogen (secondary N) is 1. The van der Waals surface area contributed by atoms with Gasteiger partial charge < -0.3 is 10.2 Å². The normalized spacial score (nSPS) is 9.38. The lowest BCUT2D eigenvalue weighted by atomic mass is 10.2. The van der Waals surface area contributed by atoms with Crippen molar-refractivity contribution in [1.29, 1.82) is 0 Å². The first-order chi connectivity index (χ1) is 6.17. The molecule has 3 N–H and O–H groups in total. The maximum absolute atomic E-state index is 10.4. The minimum absolute atomic E-state index is 0.0627. The Balaban J connectivity index is 3.14. The third-order valence-corrected chi connectivity index (χ3v) is 1.50. The molecule has 0 aliphatic heterocycles. The Morgan fingerprint density at radius 2 is 2.23 bits per heavy atom. The first kappa shape index (κ1) is 9.27. The van der Waals surface area contributed by atoms with Crippen LogP contribution in [0.25, 0.3) is 0 Å². The Hall–Kier alpha value is -1.82. The van der Waals surface area contributed by atoms with Gasteiger partial charge in [-0.2, -0.15) is 0 Å². The van der Waals surface area contributed by atoms with Crippen LogP contribution in [0.15, 0.2) is 18.2 Å². The summed E-state index contributed by atoms with van der Waals surface area (Å²) in [5, 5.41) is 10.4. The van der Waals surface area contributed by atoms with Crippen molar-refractivity contribution < 1.29 is 9.66 Å². The highest BCUT2D eigenvalue weighted by molar-refractivity contribution is 5.55. The van der Waals surface area contributed by atoms with E-state index in [2.05, 4.69) is 5.43 Å². The Morgan fingerprint density at radius 1 is 1.54 bits per heavy atom. The fourth-order valence-corrected chi connectivity index (χ4v) is 0.890. The zero-order valence-corrected chi connectivity index (χ0v) is 6.98. The number of nitro groups is 1. The molecule has 0 aliphatic rings. The van der Waals surface area contributed by atoms with E-state index in [1.807, 2.05) is 0 Å². The van der Waals surface area contributed by atoms with Crippen molar-refractivity contribution in [3.63, 3.8) is 0 Å². The maximum atomic E-state index is 10.4. The summed E-state index contributed by atoms with van der Waals surface area (Å²) < 4.78 is 4.85. The average molecular weight is 183 g/mol. The van der Waals surface area contributed by atoms with Gasteiger partial charge in [0.2, 0.25) is 0 Å². The van der Waals surface area contributed by atoms with Crippen LogP contribution in [0.1, 0.15) is 0 Å². The molecule has 0 atom stereocenters. The largest absolute Gasteiger partial charge is 0.496 e. The molecule has 0 spiro atoms. The molecule has 1 rings (SSSR count). The molecule has 1 aromatic carbocycles. The van der Waals surface area contributed by atoms with Crippen LogP contribution in [0.2, 0.25) is 0 Å². The predicted molar refractivity (Wildman–Crippen MR) is 47.5 cm³/mol. The van der Waals surface area contributed by atoms with Crippen molar-refractivity contribution in [2.45, 2.75) is 0 Å². The lowest BCUT2D eigenvalue weighted by Crippen LogP contribution is -2.07. The summed E-state index contributed by atoms with van der Waals surface area (Å²) in [4.78, 5) is 9.91. The van der Waals surface area contributed by atoms with Gasteiger partial charge in [-0.05, 0) is 0 Å². The number of nitro benzene ring substituents is 1. The van der Waals surface area contributed by atoms with Gasteiger partial charge in [0.25, 0.3) is 5.69 Å². The number of ether oxygens (including phenoxy) is 1. The quantitative estimate of drug-likeness (QED) is 0.412.